The standard InChI is InChI=1S/C13H21NO4/c1-4-5-18-13(16)14-8-11(6-10(2)15)7-12(14)9-17-3/h4,11-12H,1,5-9H2,2-3H3/t11?,12-/m0/s1. The molecule has 5 heteroatoms. The van der Waals surface area contributed by atoms with Crippen molar-refractivity contribution in [3.8, 4) is 0 Å². The molecule has 1 fully saturated rings. The molecule has 1 heterocycles. The zero-order valence-electron chi connectivity index (χ0n) is 11.1. The highest BCUT2D eigenvalue weighted by Crippen LogP contribution is 2.26. The zero-order valence-corrected chi connectivity index (χ0v) is 11.1. The van der Waals surface area contributed by atoms with Crippen molar-refractivity contribution < 1.29 is 19.1 Å². The molecule has 0 aromatic rings. The minimum absolute atomic E-state index is 0.00309. The van der Waals surface area contributed by atoms with Crippen molar-refractivity contribution in [2.45, 2.75) is 25.8 Å². The molecule has 102 valence electrons. The van der Waals surface area contributed by atoms with Gasteiger partial charge in [0.25, 0.3) is 0 Å². The van der Waals surface area contributed by atoms with E-state index in [0.717, 1.165) is 6.42 Å². The van der Waals surface area contributed by atoms with E-state index in [-0.39, 0.29) is 30.4 Å². The fourth-order valence-electron chi connectivity index (χ4n) is 2.36. The van der Waals surface area contributed by atoms with Gasteiger partial charge in [-0.1, -0.05) is 12.7 Å². The van der Waals surface area contributed by atoms with E-state index in [4.69, 9.17) is 9.47 Å². The van der Waals surface area contributed by atoms with Crippen LogP contribution in [0.4, 0.5) is 4.79 Å². The third-order valence-electron chi connectivity index (χ3n) is 3.00. The average molecular weight is 255 g/mol. The first kappa shape index (κ1) is 14.7. The van der Waals surface area contributed by atoms with E-state index >= 15 is 0 Å². The van der Waals surface area contributed by atoms with Crippen molar-refractivity contribution in [2.75, 3.05) is 26.9 Å². The van der Waals surface area contributed by atoms with Gasteiger partial charge in [0.1, 0.15) is 12.4 Å². The van der Waals surface area contributed by atoms with Gasteiger partial charge in [0.2, 0.25) is 0 Å². The maximum Gasteiger partial charge on any atom is 0.410 e. The number of ether oxygens (including phenoxy) is 2. The highest BCUT2D eigenvalue weighted by atomic mass is 16.6. The van der Waals surface area contributed by atoms with E-state index in [9.17, 15) is 9.59 Å². The quantitative estimate of drug-likeness (QED) is 0.677. The number of hydrogen-bond donors (Lipinski definition) is 0. The molecule has 0 bridgehead atoms. The van der Waals surface area contributed by atoms with Gasteiger partial charge in [-0.3, -0.25) is 0 Å². The van der Waals surface area contributed by atoms with Gasteiger partial charge in [0, 0.05) is 20.1 Å². The number of Topliss-reactive ketones (excluding diaryl/α,β-unsaturated/α-hetero) is 1. The molecule has 0 radical (unpaired) electrons. The van der Waals surface area contributed by atoms with Crippen molar-refractivity contribution in [3.63, 3.8) is 0 Å². The molecule has 1 rings (SSSR count). The number of likely N-dealkylation sites (tertiary alicyclic amines) is 1. The monoisotopic (exact) mass is 255 g/mol. The number of carbonyl (C=O) groups is 2. The van der Waals surface area contributed by atoms with E-state index in [1.54, 1.807) is 18.9 Å². The van der Waals surface area contributed by atoms with E-state index in [1.165, 1.54) is 6.08 Å². The van der Waals surface area contributed by atoms with Crippen LogP contribution in [0.25, 0.3) is 0 Å². The second kappa shape index (κ2) is 7.16. The van der Waals surface area contributed by atoms with Gasteiger partial charge in [-0.25, -0.2) is 4.79 Å². The van der Waals surface area contributed by atoms with Gasteiger partial charge in [0.05, 0.1) is 12.6 Å². The van der Waals surface area contributed by atoms with Gasteiger partial charge in [0.15, 0.2) is 0 Å². The predicted molar refractivity (Wildman–Crippen MR) is 67.3 cm³/mol. The molecule has 1 aliphatic rings. The first-order valence-electron chi connectivity index (χ1n) is 6.11. The summed E-state index contributed by atoms with van der Waals surface area (Å²) in [7, 11) is 1.60. The molecule has 0 aliphatic carbocycles. The van der Waals surface area contributed by atoms with Crippen LogP contribution in [0.5, 0.6) is 0 Å². The molecule has 0 aromatic carbocycles. The molecule has 2 atom stereocenters. The van der Waals surface area contributed by atoms with Crippen molar-refractivity contribution in [1.82, 2.24) is 4.90 Å². The summed E-state index contributed by atoms with van der Waals surface area (Å²) in [5.41, 5.74) is 0. The summed E-state index contributed by atoms with van der Waals surface area (Å²) >= 11 is 0. The number of carbonyl (C=O) groups excluding carboxylic acids is 2. The number of hydrogen-bond acceptors (Lipinski definition) is 4. The van der Waals surface area contributed by atoms with E-state index < -0.39 is 0 Å². The molecule has 18 heavy (non-hydrogen) atoms. The number of methoxy groups -OCH3 is 1. The third-order valence-corrected chi connectivity index (χ3v) is 3.00. The molecule has 0 spiro atoms. The van der Waals surface area contributed by atoms with Crippen LogP contribution in [0.1, 0.15) is 19.8 Å². The SMILES string of the molecule is C=CCOC(=O)N1CC(CC(C)=O)C[C@H]1COC. The lowest BCUT2D eigenvalue weighted by Crippen LogP contribution is -2.38. The number of amides is 1. The highest BCUT2D eigenvalue weighted by Gasteiger charge is 2.36. The molecule has 0 saturated carbocycles. The first-order valence-corrected chi connectivity index (χ1v) is 6.11. The van der Waals surface area contributed by atoms with Gasteiger partial charge >= 0.3 is 6.09 Å². The predicted octanol–water partition coefficient (Wildman–Crippen LogP) is 1.62. The van der Waals surface area contributed by atoms with Gasteiger partial charge in [-0.15, -0.1) is 0 Å². The highest BCUT2D eigenvalue weighted by molar-refractivity contribution is 5.76. The fraction of sp³-hybridized carbons (Fsp3) is 0.692. The van der Waals surface area contributed by atoms with Gasteiger partial charge < -0.3 is 19.2 Å². The normalized spacial score (nSPS) is 22.9. The first-order chi connectivity index (χ1) is 8.58. The number of rotatable bonds is 6. The molecule has 0 aromatic heterocycles. The summed E-state index contributed by atoms with van der Waals surface area (Å²) in [5.74, 6) is 0.358. The maximum absolute atomic E-state index is 11.8. The van der Waals surface area contributed by atoms with Gasteiger partial charge in [-0.2, -0.15) is 0 Å². The van der Waals surface area contributed by atoms with Crippen molar-refractivity contribution >= 4 is 11.9 Å². The van der Waals surface area contributed by atoms with Crippen molar-refractivity contribution in [1.29, 1.82) is 0 Å². The molecule has 1 saturated heterocycles. The lowest BCUT2D eigenvalue weighted by Gasteiger charge is -2.22. The summed E-state index contributed by atoms with van der Waals surface area (Å²) in [5, 5.41) is 0. The number of ketones is 1. The summed E-state index contributed by atoms with van der Waals surface area (Å²) in [6.45, 7) is 6.31. The minimum Gasteiger partial charge on any atom is -0.445 e. The Balaban J connectivity index is 2.59. The van der Waals surface area contributed by atoms with Crippen LogP contribution in [0.3, 0.4) is 0 Å². The number of nitrogens with zero attached hydrogens (tertiary/aromatic N) is 1. The summed E-state index contributed by atoms with van der Waals surface area (Å²) in [6.07, 6.45) is 2.47. The molecule has 1 aliphatic heterocycles. The Morgan fingerprint density at radius 1 is 1.50 bits per heavy atom. The summed E-state index contributed by atoms with van der Waals surface area (Å²) < 4.78 is 10.1. The Kier molecular flexibility index (Phi) is 5.85. The van der Waals surface area contributed by atoms with Crippen LogP contribution < -0.4 is 0 Å². The molecular formula is C13H21NO4. The topological polar surface area (TPSA) is 55.8 Å². The Labute approximate surface area is 108 Å². The molecule has 1 unspecified atom stereocenters. The lowest BCUT2D eigenvalue weighted by molar-refractivity contribution is -0.117. The van der Waals surface area contributed by atoms with Crippen molar-refractivity contribution in [2.24, 2.45) is 5.92 Å². The Hall–Kier alpha value is -1.36. The summed E-state index contributed by atoms with van der Waals surface area (Å²) in [4.78, 5) is 24.6. The Morgan fingerprint density at radius 3 is 2.78 bits per heavy atom. The average Bonchev–Trinajstić information content (AvgIpc) is 2.68. The second-order valence-electron chi connectivity index (χ2n) is 4.63. The third kappa shape index (κ3) is 4.14. The van der Waals surface area contributed by atoms with Crippen LogP contribution in [-0.2, 0) is 14.3 Å². The Morgan fingerprint density at radius 2 is 2.22 bits per heavy atom. The van der Waals surface area contributed by atoms with Crippen LogP contribution in [0, 0.1) is 5.92 Å². The van der Waals surface area contributed by atoms with Crippen LogP contribution in [0.2, 0.25) is 0 Å². The fourth-order valence-corrected chi connectivity index (χ4v) is 2.36. The second-order valence-corrected chi connectivity index (χ2v) is 4.63. The van der Waals surface area contributed by atoms with E-state index in [2.05, 4.69) is 6.58 Å². The zero-order chi connectivity index (χ0) is 13.5. The van der Waals surface area contributed by atoms with Gasteiger partial charge in [-0.05, 0) is 19.3 Å². The Bertz CT molecular complexity index is 316. The van der Waals surface area contributed by atoms with E-state index in [1.807, 2.05) is 0 Å². The van der Waals surface area contributed by atoms with Crippen molar-refractivity contribution in [3.05, 3.63) is 12.7 Å². The van der Waals surface area contributed by atoms with E-state index in [0.29, 0.717) is 19.6 Å². The maximum atomic E-state index is 11.8. The minimum atomic E-state index is -0.358. The molecule has 0 N–H and O–H groups in total. The van der Waals surface area contributed by atoms with Crippen LogP contribution in [-0.4, -0.2) is 49.7 Å². The largest absolute Gasteiger partial charge is 0.445 e. The molecular weight excluding hydrogens is 234 g/mol. The molecule has 1 amide bonds. The smallest absolute Gasteiger partial charge is 0.410 e. The molecule has 5 nitrogen and oxygen atoms in total. The van der Waals surface area contributed by atoms with Crippen LogP contribution >= 0.6 is 0 Å². The van der Waals surface area contributed by atoms with Crippen LogP contribution in [0.15, 0.2) is 12.7 Å². The summed E-state index contributed by atoms with van der Waals surface area (Å²) in [6, 6.07) is -0.00309. The lowest BCUT2D eigenvalue weighted by atomic mass is 10.0.